The van der Waals surface area contributed by atoms with Crippen LogP contribution in [0, 0.1) is 5.41 Å². The van der Waals surface area contributed by atoms with Gasteiger partial charge in [-0.2, -0.15) is 0 Å². The van der Waals surface area contributed by atoms with Crippen LogP contribution in [0.5, 0.6) is 0 Å². The summed E-state index contributed by atoms with van der Waals surface area (Å²) in [6, 6.07) is 3.76. The maximum atomic E-state index is 12.2. The summed E-state index contributed by atoms with van der Waals surface area (Å²) in [6.45, 7) is 3.71. The molecule has 0 atom stereocenters. The van der Waals surface area contributed by atoms with Crippen molar-refractivity contribution in [1.82, 2.24) is 9.88 Å². The van der Waals surface area contributed by atoms with Crippen molar-refractivity contribution in [3.05, 3.63) is 24.0 Å². The van der Waals surface area contributed by atoms with Gasteiger partial charge >= 0.3 is 0 Å². The van der Waals surface area contributed by atoms with Crippen LogP contribution in [0.3, 0.4) is 0 Å². The van der Waals surface area contributed by atoms with Gasteiger partial charge in [-0.1, -0.05) is 19.8 Å². The van der Waals surface area contributed by atoms with Gasteiger partial charge in [0.15, 0.2) is 0 Å². The summed E-state index contributed by atoms with van der Waals surface area (Å²) in [7, 11) is 0. The van der Waals surface area contributed by atoms with Crippen LogP contribution >= 0.6 is 0 Å². The molecule has 4 heteroatoms. The smallest absolute Gasteiger partial charge is 0.267 e. The Morgan fingerprint density at radius 2 is 2.21 bits per heavy atom. The first-order valence-corrected chi connectivity index (χ1v) is 7.25. The van der Waals surface area contributed by atoms with E-state index >= 15 is 0 Å². The fraction of sp³-hybridized carbons (Fsp3) is 0.667. The molecule has 0 aromatic carbocycles. The lowest BCUT2D eigenvalue weighted by Gasteiger charge is -2.26. The number of nitrogens with one attached hydrogen (secondary N) is 1. The molecule has 4 nitrogen and oxygen atoms in total. The van der Waals surface area contributed by atoms with E-state index < -0.39 is 0 Å². The number of nitrogens with zero attached hydrogens (tertiary/aromatic N) is 1. The monoisotopic (exact) mass is 264 g/mol. The number of carbonyl (C=O) groups excluding carboxylic acids is 1. The van der Waals surface area contributed by atoms with Crippen molar-refractivity contribution in [2.24, 2.45) is 5.41 Å². The molecule has 1 amide bonds. The zero-order chi connectivity index (χ0) is 13.7. The Morgan fingerprint density at radius 1 is 1.47 bits per heavy atom. The Morgan fingerprint density at radius 3 is 2.84 bits per heavy atom. The lowest BCUT2D eigenvalue weighted by Crippen LogP contribution is -2.38. The van der Waals surface area contributed by atoms with E-state index in [0.717, 1.165) is 38.6 Å². The molecule has 1 aromatic heterocycles. The number of aromatic nitrogens is 1. The fourth-order valence-corrected chi connectivity index (χ4v) is 2.93. The minimum Gasteiger partial charge on any atom is -0.396 e. The lowest BCUT2D eigenvalue weighted by molar-refractivity contribution is 0.0872. The first-order valence-electron chi connectivity index (χ1n) is 7.25. The number of aryl methyl sites for hydroxylation is 1. The fourth-order valence-electron chi connectivity index (χ4n) is 2.93. The highest BCUT2D eigenvalue weighted by Gasteiger charge is 2.33. The first kappa shape index (κ1) is 14.1. The SMILES string of the molecule is CCCn1cccc1C(=O)NCC1(CO)CCCC1. The Bertz CT molecular complexity index is 420. The number of rotatable bonds is 6. The molecule has 106 valence electrons. The van der Waals surface area contributed by atoms with Crippen molar-refractivity contribution in [3.63, 3.8) is 0 Å². The van der Waals surface area contributed by atoms with Crippen molar-refractivity contribution in [1.29, 1.82) is 0 Å². The molecule has 2 rings (SSSR count). The normalized spacial score (nSPS) is 17.6. The zero-order valence-electron chi connectivity index (χ0n) is 11.7. The van der Waals surface area contributed by atoms with Crippen LogP contribution in [0.4, 0.5) is 0 Å². The van der Waals surface area contributed by atoms with Crippen LogP contribution in [0.1, 0.15) is 49.5 Å². The van der Waals surface area contributed by atoms with E-state index in [4.69, 9.17) is 0 Å². The van der Waals surface area contributed by atoms with Gasteiger partial charge in [0.1, 0.15) is 5.69 Å². The van der Waals surface area contributed by atoms with Crippen LogP contribution in [0.25, 0.3) is 0 Å². The lowest BCUT2D eigenvalue weighted by atomic mass is 9.87. The second-order valence-corrected chi connectivity index (χ2v) is 5.63. The van der Waals surface area contributed by atoms with Crippen molar-refractivity contribution in [2.75, 3.05) is 13.2 Å². The van der Waals surface area contributed by atoms with Crippen molar-refractivity contribution in [3.8, 4) is 0 Å². The van der Waals surface area contributed by atoms with E-state index in [0.29, 0.717) is 12.2 Å². The van der Waals surface area contributed by atoms with Gasteiger partial charge in [0.25, 0.3) is 5.91 Å². The average Bonchev–Trinajstić information content (AvgIpc) is 3.06. The molecule has 0 bridgehead atoms. The molecule has 19 heavy (non-hydrogen) atoms. The van der Waals surface area contributed by atoms with Crippen LogP contribution in [0.2, 0.25) is 0 Å². The summed E-state index contributed by atoms with van der Waals surface area (Å²) in [5.41, 5.74) is 0.630. The van der Waals surface area contributed by atoms with E-state index in [9.17, 15) is 9.90 Å². The number of aliphatic hydroxyl groups excluding tert-OH is 1. The van der Waals surface area contributed by atoms with E-state index in [2.05, 4.69) is 12.2 Å². The molecular weight excluding hydrogens is 240 g/mol. The highest BCUT2D eigenvalue weighted by atomic mass is 16.3. The summed E-state index contributed by atoms with van der Waals surface area (Å²) >= 11 is 0. The van der Waals surface area contributed by atoms with Crippen molar-refractivity contribution < 1.29 is 9.90 Å². The van der Waals surface area contributed by atoms with Crippen LogP contribution in [0.15, 0.2) is 18.3 Å². The largest absolute Gasteiger partial charge is 0.396 e. The quantitative estimate of drug-likeness (QED) is 0.827. The molecule has 2 N–H and O–H groups in total. The highest BCUT2D eigenvalue weighted by molar-refractivity contribution is 5.92. The molecule has 1 saturated carbocycles. The topological polar surface area (TPSA) is 54.3 Å². The highest BCUT2D eigenvalue weighted by Crippen LogP contribution is 2.36. The third-order valence-electron chi connectivity index (χ3n) is 4.15. The predicted octanol–water partition coefficient (Wildman–Crippen LogP) is 2.18. The van der Waals surface area contributed by atoms with Gasteiger partial charge in [-0.15, -0.1) is 0 Å². The molecule has 1 aliphatic carbocycles. The molecule has 0 radical (unpaired) electrons. The van der Waals surface area contributed by atoms with E-state index in [1.807, 2.05) is 22.9 Å². The Balaban J connectivity index is 1.95. The van der Waals surface area contributed by atoms with Gasteiger partial charge < -0.3 is 15.0 Å². The van der Waals surface area contributed by atoms with Gasteiger partial charge in [-0.3, -0.25) is 4.79 Å². The van der Waals surface area contributed by atoms with Crippen molar-refractivity contribution in [2.45, 2.75) is 45.6 Å². The number of amides is 1. The van der Waals surface area contributed by atoms with Gasteiger partial charge in [0.05, 0.1) is 6.61 Å². The number of hydrogen-bond donors (Lipinski definition) is 2. The van der Waals surface area contributed by atoms with Crippen LogP contribution < -0.4 is 5.32 Å². The number of hydrogen-bond acceptors (Lipinski definition) is 2. The van der Waals surface area contributed by atoms with Gasteiger partial charge in [0.2, 0.25) is 0 Å². The zero-order valence-corrected chi connectivity index (χ0v) is 11.7. The second kappa shape index (κ2) is 6.24. The first-order chi connectivity index (χ1) is 9.21. The van der Waals surface area contributed by atoms with E-state index in [1.165, 1.54) is 0 Å². The number of aliphatic hydroxyl groups is 1. The maximum absolute atomic E-state index is 12.2. The summed E-state index contributed by atoms with van der Waals surface area (Å²) in [5.74, 6) is -0.0295. The summed E-state index contributed by atoms with van der Waals surface area (Å²) < 4.78 is 1.98. The predicted molar refractivity (Wildman–Crippen MR) is 75.0 cm³/mol. The molecule has 1 fully saturated rings. The molecule has 0 spiro atoms. The Labute approximate surface area is 114 Å². The van der Waals surface area contributed by atoms with E-state index in [1.54, 1.807) is 0 Å². The minimum absolute atomic E-state index is 0.0295. The Hall–Kier alpha value is -1.29. The Kier molecular flexibility index (Phi) is 4.64. The standard InChI is InChI=1S/C15H24N2O2/c1-2-9-17-10-5-6-13(17)14(19)16-11-15(12-18)7-3-4-8-15/h5-6,10,18H,2-4,7-9,11-12H2,1H3,(H,16,19). The van der Waals surface area contributed by atoms with Gasteiger partial charge in [-0.25, -0.2) is 0 Å². The molecule has 1 aromatic rings. The van der Waals surface area contributed by atoms with Crippen molar-refractivity contribution >= 4 is 5.91 Å². The van der Waals surface area contributed by atoms with Gasteiger partial charge in [0, 0.05) is 24.7 Å². The summed E-state index contributed by atoms with van der Waals surface area (Å²) in [5, 5.41) is 12.5. The van der Waals surface area contributed by atoms with Gasteiger partial charge in [-0.05, 0) is 31.4 Å². The summed E-state index contributed by atoms with van der Waals surface area (Å²) in [6.07, 6.45) is 7.29. The molecule has 0 aliphatic heterocycles. The summed E-state index contributed by atoms with van der Waals surface area (Å²) in [4.78, 5) is 12.2. The average molecular weight is 264 g/mol. The maximum Gasteiger partial charge on any atom is 0.267 e. The third kappa shape index (κ3) is 3.18. The van der Waals surface area contributed by atoms with Crippen LogP contribution in [-0.2, 0) is 6.54 Å². The van der Waals surface area contributed by atoms with E-state index in [-0.39, 0.29) is 17.9 Å². The van der Waals surface area contributed by atoms with Crippen LogP contribution in [-0.4, -0.2) is 28.7 Å². The second-order valence-electron chi connectivity index (χ2n) is 5.63. The minimum atomic E-state index is -0.0855. The molecule has 0 unspecified atom stereocenters. The number of carbonyl (C=O) groups is 1. The molecule has 0 saturated heterocycles. The third-order valence-corrected chi connectivity index (χ3v) is 4.15. The molecule has 1 aliphatic rings. The molecular formula is C15H24N2O2. The molecule has 1 heterocycles.